The van der Waals surface area contributed by atoms with E-state index in [0.717, 1.165) is 5.56 Å². The summed E-state index contributed by atoms with van der Waals surface area (Å²) in [6.07, 6.45) is 3.05. The number of rotatable bonds is 8. The van der Waals surface area contributed by atoms with Gasteiger partial charge >= 0.3 is 5.69 Å². The van der Waals surface area contributed by atoms with Crippen molar-refractivity contribution in [3.05, 3.63) is 76.9 Å². The van der Waals surface area contributed by atoms with Gasteiger partial charge in [0.25, 0.3) is 0 Å². The van der Waals surface area contributed by atoms with Crippen LogP contribution >= 0.6 is 0 Å². The number of ether oxygens (including phenoxy) is 1. The molecule has 0 radical (unpaired) electrons. The van der Waals surface area contributed by atoms with Crippen LogP contribution in [-0.4, -0.2) is 34.7 Å². The number of hydrogen-bond donors (Lipinski definition) is 0. The molecule has 2 aromatic heterocycles. The Bertz CT molecular complexity index is 831. The lowest BCUT2D eigenvalue weighted by atomic mass is 10.2. The molecule has 0 unspecified atom stereocenters. The fourth-order valence-corrected chi connectivity index (χ4v) is 2.28. The van der Waals surface area contributed by atoms with Crippen LogP contribution < -0.4 is 10.6 Å². The molecule has 0 saturated carbocycles. The fraction of sp³-hybridized carbons (Fsp3) is 0.278. The van der Waals surface area contributed by atoms with Gasteiger partial charge in [0.2, 0.25) is 5.95 Å². The molecule has 0 aliphatic heterocycles. The van der Waals surface area contributed by atoms with Crippen LogP contribution in [0.3, 0.4) is 0 Å². The minimum atomic E-state index is -0.363. The average Bonchev–Trinajstić information content (AvgIpc) is 3.14. The standard InChI is InChI=1S/C18H20N4O3/c1-21(9-11-24-13-15-6-3-2-4-7-15)17-19-14-22(18(23)20-17)12-16-8-5-10-25-16/h2-8,10,14H,9,11-13H2,1H3. The molecule has 7 heteroatoms. The van der Waals surface area contributed by atoms with Crippen LogP contribution in [0, 0.1) is 0 Å². The van der Waals surface area contributed by atoms with Crippen LogP contribution in [0.2, 0.25) is 0 Å². The highest BCUT2D eigenvalue weighted by atomic mass is 16.5. The van der Waals surface area contributed by atoms with Gasteiger partial charge in [0.15, 0.2) is 0 Å². The molecule has 3 aromatic rings. The summed E-state index contributed by atoms with van der Waals surface area (Å²) in [5.74, 6) is 1.06. The first-order chi connectivity index (χ1) is 12.2. The molecule has 2 heterocycles. The quantitative estimate of drug-likeness (QED) is 0.584. The van der Waals surface area contributed by atoms with Crippen molar-refractivity contribution in [1.29, 1.82) is 0 Å². The van der Waals surface area contributed by atoms with E-state index in [-0.39, 0.29) is 5.69 Å². The summed E-state index contributed by atoms with van der Waals surface area (Å²) in [6.45, 7) is 1.98. The third kappa shape index (κ3) is 4.77. The van der Waals surface area contributed by atoms with Gasteiger partial charge in [-0.15, -0.1) is 0 Å². The number of benzene rings is 1. The molecule has 3 rings (SSSR count). The van der Waals surface area contributed by atoms with Crippen molar-refractivity contribution in [2.75, 3.05) is 25.1 Å². The molecule has 0 amide bonds. The van der Waals surface area contributed by atoms with E-state index in [1.165, 1.54) is 10.9 Å². The second kappa shape index (κ2) is 8.25. The van der Waals surface area contributed by atoms with Gasteiger partial charge in [0.1, 0.15) is 12.1 Å². The van der Waals surface area contributed by atoms with Crippen molar-refractivity contribution >= 4 is 5.95 Å². The van der Waals surface area contributed by atoms with Crippen LogP contribution in [0.15, 0.2) is 64.3 Å². The van der Waals surface area contributed by atoms with Crippen LogP contribution in [0.25, 0.3) is 0 Å². The maximum absolute atomic E-state index is 12.1. The minimum Gasteiger partial charge on any atom is -0.467 e. The SMILES string of the molecule is CN(CCOCc1ccccc1)c1ncn(Cc2ccco2)c(=O)n1. The van der Waals surface area contributed by atoms with E-state index in [4.69, 9.17) is 9.15 Å². The normalized spacial score (nSPS) is 10.8. The van der Waals surface area contributed by atoms with E-state index in [1.807, 2.05) is 37.4 Å². The largest absolute Gasteiger partial charge is 0.467 e. The van der Waals surface area contributed by atoms with E-state index in [1.54, 1.807) is 23.3 Å². The third-order valence-corrected chi connectivity index (χ3v) is 3.68. The predicted molar refractivity (Wildman–Crippen MR) is 93.5 cm³/mol. The molecule has 0 aliphatic rings. The molecule has 25 heavy (non-hydrogen) atoms. The summed E-state index contributed by atoms with van der Waals surface area (Å²) < 4.78 is 12.3. The van der Waals surface area contributed by atoms with Crippen molar-refractivity contribution in [2.45, 2.75) is 13.2 Å². The number of aromatic nitrogens is 3. The van der Waals surface area contributed by atoms with Gasteiger partial charge in [-0.2, -0.15) is 4.98 Å². The monoisotopic (exact) mass is 340 g/mol. The number of furan rings is 1. The summed E-state index contributed by atoms with van der Waals surface area (Å²) in [5.41, 5.74) is 0.764. The molecule has 0 aliphatic carbocycles. The lowest BCUT2D eigenvalue weighted by Crippen LogP contribution is -2.30. The first-order valence-corrected chi connectivity index (χ1v) is 8.01. The summed E-state index contributed by atoms with van der Waals surface area (Å²) in [5, 5.41) is 0. The molecule has 0 N–H and O–H groups in total. The zero-order chi connectivity index (χ0) is 17.5. The number of nitrogens with zero attached hydrogens (tertiary/aromatic N) is 4. The highest BCUT2D eigenvalue weighted by Crippen LogP contribution is 2.04. The van der Waals surface area contributed by atoms with Gasteiger partial charge in [-0.1, -0.05) is 30.3 Å². The molecule has 0 spiro atoms. The van der Waals surface area contributed by atoms with E-state index in [2.05, 4.69) is 9.97 Å². The molecular weight excluding hydrogens is 320 g/mol. The highest BCUT2D eigenvalue weighted by Gasteiger charge is 2.08. The van der Waals surface area contributed by atoms with Crippen molar-refractivity contribution in [3.8, 4) is 0 Å². The van der Waals surface area contributed by atoms with Crippen molar-refractivity contribution in [3.63, 3.8) is 0 Å². The Morgan fingerprint density at radius 3 is 2.76 bits per heavy atom. The number of hydrogen-bond acceptors (Lipinski definition) is 6. The Labute approximate surface area is 145 Å². The second-order valence-electron chi connectivity index (χ2n) is 5.61. The Balaban J connectivity index is 1.51. The molecule has 0 atom stereocenters. The Morgan fingerprint density at radius 1 is 1.20 bits per heavy atom. The van der Waals surface area contributed by atoms with Crippen LogP contribution in [0.5, 0.6) is 0 Å². The van der Waals surface area contributed by atoms with Crippen molar-refractivity contribution < 1.29 is 9.15 Å². The molecule has 1 aromatic carbocycles. The molecule has 0 fully saturated rings. The topological polar surface area (TPSA) is 73.4 Å². The molecular formula is C18H20N4O3. The van der Waals surface area contributed by atoms with E-state index < -0.39 is 0 Å². The summed E-state index contributed by atoms with van der Waals surface area (Å²) in [6, 6.07) is 13.6. The lowest BCUT2D eigenvalue weighted by Gasteiger charge is -2.17. The third-order valence-electron chi connectivity index (χ3n) is 3.68. The second-order valence-corrected chi connectivity index (χ2v) is 5.61. The zero-order valence-electron chi connectivity index (χ0n) is 14.0. The summed E-state index contributed by atoms with van der Waals surface area (Å²) >= 11 is 0. The van der Waals surface area contributed by atoms with Gasteiger partial charge in [0.05, 0.1) is 26.0 Å². The highest BCUT2D eigenvalue weighted by molar-refractivity contribution is 5.25. The Hall–Kier alpha value is -2.93. The Morgan fingerprint density at radius 2 is 2.04 bits per heavy atom. The molecule has 130 valence electrons. The minimum absolute atomic E-state index is 0.315. The van der Waals surface area contributed by atoms with Crippen molar-refractivity contribution in [1.82, 2.24) is 14.5 Å². The van der Waals surface area contributed by atoms with Gasteiger partial charge in [-0.05, 0) is 17.7 Å². The van der Waals surface area contributed by atoms with Gasteiger partial charge in [-0.3, -0.25) is 4.57 Å². The first kappa shape index (κ1) is 16.9. The smallest absolute Gasteiger partial charge is 0.352 e. The maximum Gasteiger partial charge on any atom is 0.352 e. The summed E-state index contributed by atoms with van der Waals surface area (Å²) in [4.78, 5) is 22.1. The zero-order valence-corrected chi connectivity index (χ0v) is 14.0. The van der Waals surface area contributed by atoms with Gasteiger partial charge < -0.3 is 14.1 Å². The van der Waals surface area contributed by atoms with Crippen LogP contribution in [0.4, 0.5) is 5.95 Å². The number of likely N-dealkylation sites (N-methyl/N-ethyl adjacent to an activating group) is 1. The van der Waals surface area contributed by atoms with E-state index in [0.29, 0.717) is 38.0 Å². The van der Waals surface area contributed by atoms with Gasteiger partial charge in [0, 0.05) is 13.6 Å². The predicted octanol–water partition coefficient (Wildman–Crippen LogP) is 1.93. The average molecular weight is 340 g/mol. The fourth-order valence-electron chi connectivity index (χ4n) is 2.28. The van der Waals surface area contributed by atoms with Crippen LogP contribution in [0.1, 0.15) is 11.3 Å². The van der Waals surface area contributed by atoms with E-state index >= 15 is 0 Å². The van der Waals surface area contributed by atoms with E-state index in [9.17, 15) is 4.79 Å². The molecule has 0 bridgehead atoms. The van der Waals surface area contributed by atoms with Crippen LogP contribution in [-0.2, 0) is 17.9 Å². The maximum atomic E-state index is 12.1. The van der Waals surface area contributed by atoms with Crippen molar-refractivity contribution in [2.24, 2.45) is 0 Å². The molecule has 0 saturated heterocycles. The van der Waals surface area contributed by atoms with Gasteiger partial charge in [-0.25, -0.2) is 9.78 Å². The Kier molecular flexibility index (Phi) is 5.58. The summed E-state index contributed by atoms with van der Waals surface area (Å²) in [7, 11) is 1.83. The number of anilines is 1. The molecule has 7 nitrogen and oxygen atoms in total. The first-order valence-electron chi connectivity index (χ1n) is 8.01. The lowest BCUT2D eigenvalue weighted by molar-refractivity contribution is 0.127.